The molecule has 0 fully saturated rings. The molecule has 0 aliphatic carbocycles. The van der Waals surface area contributed by atoms with Gasteiger partial charge in [0.25, 0.3) is 0 Å². The predicted molar refractivity (Wildman–Crippen MR) is 59.8 cm³/mol. The highest BCUT2D eigenvalue weighted by Crippen LogP contribution is 2.06. The van der Waals surface area contributed by atoms with Gasteiger partial charge in [-0.25, -0.2) is 14.8 Å². The van der Waals surface area contributed by atoms with Gasteiger partial charge in [-0.15, -0.1) is 0 Å². The van der Waals surface area contributed by atoms with Crippen LogP contribution in [-0.4, -0.2) is 21.7 Å². The van der Waals surface area contributed by atoms with Gasteiger partial charge in [-0.1, -0.05) is 0 Å². The average Bonchev–Trinajstić information content (AvgIpc) is 2.24. The highest BCUT2D eigenvalue weighted by Gasteiger charge is 2.15. The second-order valence-electron chi connectivity index (χ2n) is 4.34. The Labute approximate surface area is 99.6 Å². The zero-order valence-corrected chi connectivity index (χ0v) is 10.0. The molecule has 0 saturated carbocycles. The van der Waals surface area contributed by atoms with Gasteiger partial charge < -0.3 is 10.1 Å². The SMILES string of the molecule is CC(C)(C)OC(=O)NCc1ccnc(C#N)n1. The van der Waals surface area contributed by atoms with Crippen LogP contribution in [0.5, 0.6) is 0 Å². The van der Waals surface area contributed by atoms with Crippen molar-refractivity contribution in [2.75, 3.05) is 0 Å². The number of amides is 1. The van der Waals surface area contributed by atoms with Crippen molar-refractivity contribution in [1.82, 2.24) is 15.3 Å². The molecule has 1 N–H and O–H groups in total. The van der Waals surface area contributed by atoms with Crippen molar-refractivity contribution in [3.63, 3.8) is 0 Å². The van der Waals surface area contributed by atoms with E-state index in [9.17, 15) is 4.79 Å². The van der Waals surface area contributed by atoms with Crippen molar-refractivity contribution >= 4 is 6.09 Å². The number of hydrogen-bond donors (Lipinski definition) is 1. The standard InChI is InChI=1S/C11H14N4O2/c1-11(2,3)17-10(16)14-7-8-4-5-13-9(6-12)15-8/h4-5H,7H2,1-3H3,(H,14,16). The number of aromatic nitrogens is 2. The molecule has 0 radical (unpaired) electrons. The highest BCUT2D eigenvalue weighted by atomic mass is 16.6. The maximum atomic E-state index is 11.3. The lowest BCUT2D eigenvalue weighted by Gasteiger charge is -2.19. The van der Waals surface area contributed by atoms with Crippen molar-refractivity contribution in [2.45, 2.75) is 32.9 Å². The Morgan fingerprint density at radius 3 is 2.88 bits per heavy atom. The lowest BCUT2D eigenvalue weighted by atomic mass is 10.2. The Morgan fingerprint density at radius 2 is 2.29 bits per heavy atom. The van der Waals surface area contributed by atoms with Crippen LogP contribution in [0.25, 0.3) is 0 Å². The minimum atomic E-state index is -0.534. The summed E-state index contributed by atoms with van der Waals surface area (Å²) in [6, 6.07) is 3.45. The van der Waals surface area contributed by atoms with Crippen LogP contribution in [-0.2, 0) is 11.3 Å². The zero-order chi connectivity index (χ0) is 12.9. The van der Waals surface area contributed by atoms with Gasteiger partial charge in [-0.2, -0.15) is 5.26 Å². The largest absolute Gasteiger partial charge is 0.444 e. The van der Waals surface area contributed by atoms with Crippen LogP contribution in [0.15, 0.2) is 12.3 Å². The number of nitriles is 1. The Kier molecular flexibility index (Phi) is 3.99. The van der Waals surface area contributed by atoms with Crippen LogP contribution in [0.4, 0.5) is 4.79 Å². The van der Waals surface area contributed by atoms with E-state index in [1.54, 1.807) is 26.8 Å². The van der Waals surface area contributed by atoms with Gasteiger partial charge >= 0.3 is 6.09 Å². The second kappa shape index (κ2) is 5.25. The lowest BCUT2D eigenvalue weighted by Crippen LogP contribution is -2.32. The van der Waals surface area contributed by atoms with Crippen LogP contribution in [0.3, 0.4) is 0 Å². The Hall–Kier alpha value is -2.16. The summed E-state index contributed by atoms with van der Waals surface area (Å²) in [4.78, 5) is 19.0. The number of alkyl carbamates (subject to hydrolysis) is 1. The maximum absolute atomic E-state index is 11.3. The van der Waals surface area contributed by atoms with E-state index in [2.05, 4.69) is 15.3 Å². The van der Waals surface area contributed by atoms with Crippen LogP contribution < -0.4 is 5.32 Å². The van der Waals surface area contributed by atoms with Gasteiger partial charge in [0, 0.05) is 6.20 Å². The fourth-order valence-corrected chi connectivity index (χ4v) is 1.03. The molecule has 1 heterocycles. The average molecular weight is 234 g/mol. The van der Waals surface area contributed by atoms with Crippen molar-refractivity contribution in [3.8, 4) is 6.07 Å². The molecule has 1 amide bonds. The monoisotopic (exact) mass is 234 g/mol. The molecule has 0 spiro atoms. The molecule has 17 heavy (non-hydrogen) atoms. The Morgan fingerprint density at radius 1 is 1.59 bits per heavy atom. The maximum Gasteiger partial charge on any atom is 0.407 e. The molecule has 0 saturated heterocycles. The Bertz CT molecular complexity index is 446. The summed E-state index contributed by atoms with van der Waals surface area (Å²) in [5.41, 5.74) is 0.0236. The summed E-state index contributed by atoms with van der Waals surface area (Å²) in [5.74, 6) is 0.0773. The van der Waals surface area contributed by atoms with Crippen molar-refractivity contribution < 1.29 is 9.53 Å². The molecule has 1 aromatic rings. The second-order valence-corrected chi connectivity index (χ2v) is 4.34. The summed E-state index contributed by atoms with van der Waals surface area (Å²) in [6.45, 7) is 5.55. The van der Waals surface area contributed by atoms with E-state index in [1.165, 1.54) is 6.20 Å². The fourth-order valence-electron chi connectivity index (χ4n) is 1.03. The summed E-state index contributed by atoms with van der Waals surface area (Å²) in [6.07, 6.45) is 0.951. The first-order valence-electron chi connectivity index (χ1n) is 5.09. The van der Waals surface area contributed by atoms with E-state index >= 15 is 0 Å². The third-order valence-corrected chi connectivity index (χ3v) is 1.63. The molecule has 0 bridgehead atoms. The third kappa shape index (κ3) is 4.93. The number of nitrogens with zero attached hydrogens (tertiary/aromatic N) is 3. The summed E-state index contributed by atoms with van der Waals surface area (Å²) in [7, 11) is 0. The lowest BCUT2D eigenvalue weighted by molar-refractivity contribution is 0.0523. The quantitative estimate of drug-likeness (QED) is 0.835. The van der Waals surface area contributed by atoms with Crippen LogP contribution in [0, 0.1) is 11.3 Å². The summed E-state index contributed by atoms with van der Waals surface area (Å²) >= 11 is 0. The van der Waals surface area contributed by atoms with Gasteiger partial charge in [-0.3, -0.25) is 0 Å². The number of rotatable bonds is 2. The molecule has 6 heteroatoms. The first kappa shape index (κ1) is 12.9. The Balaban J connectivity index is 2.51. The normalized spacial score (nSPS) is 10.5. The topological polar surface area (TPSA) is 87.9 Å². The minimum absolute atomic E-state index is 0.0773. The summed E-state index contributed by atoms with van der Waals surface area (Å²) < 4.78 is 5.06. The van der Waals surface area contributed by atoms with Crippen molar-refractivity contribution in [3.05, 3.63) is 23.8 Å². The van der Waals surface area contributed by atoms with Crippen LogP contribution >= 0.6 is 0 Å². The molecular weight excluding hydrogens is 220 g/mol. The first-order valence-corrected chi connectivity index (χ1v) is 5.09. The number of carbonyl (C=O) groups is 1. The van der Waals surface area contributed by atoms with Gasteiger partial charge in [0.05, 0.1) is 12.2 Å². The molecule has 0 atom stereocenters. The van der Waals surface area contributed by atoms with Crippen molar-refractivity contribution in [1.29, 1.82) is 5.26 Å². The molecule has 0 unspecified atom stereocenters. The van der Waals surface area contributed by atoms with Gasteiger partial charge in [0.15, 0.2) is 0 Å². The molecule has 6 nitrogen and oxygen atoms in total. The van der Waals surface area contributed by atoms with Crippen molar-refractivity contribution in [2.24, 2.45) is 0 Å². The predicted octanol–water partition coefficient (Wildman–Crippen LogP) is 1.37. The third-order valence-electron chi connectivity index (χ3n) is 1.63. The molecule has 1 rings (SSSR count). The van der Waals surface area contributed by atoms with E-state index in [4.69, 9.17) is 10.00 Å². The van der Waals surface area contributed by atoms with E-state index in [1.807, 2.05) is 6.07 Å². The smallest absolute Gasteiger partial charge is 0.407 e. The molecule has 90 valence electrons. The van der Waals surface area contributed by atoms with Crippen LogP contribution in [0.1, 0.15) is 32.3 Å². The number of ether oxygens (including phenoxy) is 1. The van der Waals surface area contributed by atoms with E-state index in [0.29, 0.717) is 5.69 Å². The van der Waals surface area contributed by atoms with Gasteiger partial charge in [0.2, 0.25) is 5.82 Å². The fraction of sp³-hybridized carbons (Fsp3) is 0.455. The number of hydrogen-bond acceptors (Lipinski definition) is 5. The van der Waals surface area contributed by atoms with Gasteiger partial charge in [0.1, 0.15) is 11.7 Å². The highest BCUT2D eigenvalue weighted by molar-refractivity contribution is 5.67. The van der Waals surface area contributed by atoms with E-state index in [-0.39, 0.29) is 12.4 Å². The van der Waals surface area contributed by atoms with E-state index in [0.717, 1.165) is 0 Å². The molecule has 0 aliphatic heterocycles. The zero-order valence-electron chi connectivity index (χ0n) is 10.0. The molecule has 0 aliphatic rings. The number of carbonyl (C=O) groups excluding carboxylic acids is 1. The summed E-state index contributed by atoms with van der Waals surface area (Å²) in [5, 5.41) is 11.2. The molecular formula is C11H14N4O2. The molecule has 1 aromatic heterocycles. The molecule has 0 aromatic carbocycles. The first-order chi connectivity index (χ1) is 7.90. The minimum Gasteiger partial charge on any atom is -0.444 e. The van der Waals surface area contributed by atoms with E-state index < -0.39 is 11.7 Å². The number of nitrogens with one attached hydrogen (secondary N) is 1. The van der Waals surface area contributed by atoms with Crippen LogP contribution in [0.2, 0.25) is 0 Å². The van der Waals surface area contributed by atoms with Gasteiger partial charge in [-0.05, 0) is 26.8 Å².